The smallest absolute Gasteiger partial charge is 0.278 e. The number of hydrogen-bond acceptors (Lipinski definition) is 4. The Morgan fingerprint density at radius 1 is 1.40 bits per heavy atom. The van der Waals surface area contributed by atoms with Gasteiger partial charge in [-0.3, -0.25) is 4.79 Å². The van der Waals surface area contributed by atoms with Crippen molar-refractivity contribution in [3.8, 4) is 11.4 Å². The van der Waals surface area contributed by atoms with Gasteiger partial charge in [0.15, 0.2) is 11.4 Å². The van der Waals surface area contributed by atoms with Crippen molar-refractivity contribution in [3.05, 3.63) is 41.7 Å². The summed E-state index contributed by atoms with van der Waals surface area (Å²) in [5, 5.41) is 17.8. The van der Waals surface area contributed by atoms with Gasteiger partial charge in [0.1, 0.15) is 0 Å². The number of halogens is 1. The molecule has 0 unspecified atom stereocenters. The van der Waals surface area contributed by atoms with E-state index in [0.29, 0.717) is 19.0 Å². The number of carbonyl (C=O) groups excluding carboxylic acids is 1. The van der Waals surface area contributed by atoms with Crippen LogP contribution >= 0.6 is 12.4 Å². The van der Waals surface area contributed by atoms with Crippen LogP contribution in [0, 0.1) is 0 Å². The molecular weight excluding hydrogens is 340 g/mol. The maximum atomic E-state index is 12.6. The van der Waals surface area contributed by atoms with E-state index >= 15 is 0 Å². The molecular formula is C18H25ClN4O2. The number of carbonyl (C=O) groups is 1. The van der Waals surface area contributed by atoms with Gasteiger partial charge in [-0.2, -0.15) is 5.10 Å². The monoisotopic (exact) mass is 364 g/mol. The number of amides is 1. The summed E-state index contributed by atoms with van der Waals surface area (Å²) in [6.07, 6.45) is 1.50. The molecule has 1 saturated heterocycles. The first-order chi connectivity index (χ1) is 11.5. The SMILES string of the molecule is CC(C)c1cccc(-n2cc(O)c(C(=O)N3CCN[C@H](C)C3)n2)c1.Cl. The Bertz CT molecular complexity index is 744. The zero-order chi connectivity index (χ0) is 17.3. The second kappa shape index (κ2) is 7.89. The molecule has 1 atom stereocenters. The molecule has 0 saturated carbocycles. The molecule has 2 aromatic rings. The molecule has 1 aliphatic rings. The number of nitrogens with one attached hydrogen (secondary N) is 1. The molecule has 3 rings (SSSR count). The third-order valence-electron chi connectivity index (χ3n) is 4.35. The minimum absolute atomic E-state index is 0. The Hall–Kier alpha value is -2.05. The van der Waals surface area contributed by atoms with Gasteiger partial charge in [0.25, 0.3) is 5.91 Å². The summed E-state index contributed by atoms with van der Waals surface area (Å²) in [7, 11) is 0. The number of aromatic hydroxyl groups is 1. The van der Waals surface area contributed by atoms with E-state index in [-0.39, 0.29) is 35.8 Å². The highest BCUT2D eigenvalue weighted by Crippen LogP contribution is 2.22. The number of hydrogen-bond donors (Lipinski definition) is 2. The van der Waals surface area contributed by atoms with E-state index in [0.717, 1.165) is 12.2 Å². The fourth-order valence-electron chi connectivity index (χ4n) is 2.94. The van der Waals surface area contributed by atoms with Crippen molar-refractivity contribution < 1.29 is 9.90 Å². The highest BCUT2D eigenvalue weighted by atomic mass is 35.5. The molecule has 0 spiro atoms. The number of aromatic nitrogens is 2. The summed E-state index contributed by atoms with van der Waals surface area (Å²) >= 11 is 0. The van der Waals surface area contributed by atoms with Crippen LogP contribution in [0.15, 0.2) is 30.5 Å². The molecule has 6 nitrogen and oxygen atoms in total. The van der Waals surface area contributed by atoms with Gasteiger partial charge in [-0.15, -0.1) is 12.4 Å². The van der Waals surface area contributed by atoms with Crippen LogP contribution in [0.3, 0.4) is 0 Å². The molecule has 2 N–H and O–H groups in total. The van der Waals surface area contributed by atoms with Gasteiger partial charge >= 0.3 is 0 Å². The van der Waals surface area contributed by atoms with Gasteiger partial charge < -0.3 is 15.3 Å². The van der Waals surface area contributed by atoms with Crippen LogP contribution < -0.4 is 5.32 Å². The molecule has 1 fully saturated rings. The lowest BCUT2D eigenvalue weighted by atomic mass is 10.0. The number of nitrogens with zero attached hydrogens (tertiary/aromatic N) is 3. The molecule has 1 aliphatic heterocycles. The van der Waals surface area contributed by atoms with Crippen molar-refractivity contribution in [2.75, 3.05) is 19.6 Å². The van der Waals surface area contributed by atoms with Gasteiger partial charge in [0, 0.05) is 25.7 Å². The van der Waals surface area contributed by atoms with E-state index in [1.54, 1.807) is 9.58 Å². The minimum atomic E-state index is -0.223. The molecule has 136 valence electrons. The zero-order valence-electron chi connectivity index (χ0n) is 14.8. The summed E-state index contributed by atoms with van der Waals surface area (Å²) in [6, 6.07) is 8.21. The standard InChI is InChI=1S/C18H24N4O2.ClH/c1-12(2)14-5-4-6-15(9-14)22-11-16(23)17(20-22)18(24)21-8-7-19-13(3)10-21;/h4-6,9,11-13,19,23H,7-8,10H2,1-3H3;1H/t13-;/m1./s1. The zero-order valence-corrected chi connectivity index (χ0v) is 15.6. The van der Waals surface area contributed by atoms with Crippen LogP contribution in [0.2, 0.25) is 0 Å². The van der Waals surface area contributed by atoms with E-state index in [4.69, 9.17) is 0 Å². The first-order valence-electron chi connectivity index (χ1n) is 8.37. The number of benzene rings is 1. The second-order valence-corrected chi connectivity index (χ2v) is 6.66. The summed E-state index contributed by atoms with van der Waals surface area (Å²) in [5.41, 5.74) is 2.13. The molecule has 0 bridgehead atoms. The van der Waals surface area contributed by atoms with E-state index in [1.165, 1.54) is 11.8 Å². The van der Waals surface area contributed by atoms with Crippen molar-refractivity contribution >= 4 is 18.3 Å². The van der Waals surface area contributed by atoms with Crippen molar-refractivity contribution in [1.29, 1.82) is 0 Å². The van der Waals surface area contributed by atoms with Crippen molar-refractivity contribution in [3.63, 3.8) is 0 Å². The van der Waals surface area contributed by atoms with Gasteiger partial charge in [-0.05, 0) is 30.5 Å². The molecule has 25 heavy (non-hydrogen) atoms. The molecule has 1 aromatic heterocycles. The molecule has 2 heterocycles. The highest BCUT2D eigenvalue weighted by molar-refractivity contribution is 5.95. The van der Waals surface area contributed by atoms with Gasteiger partial charge in [0.2, 0.25) is 0 Å². The Labute approximate surface area is 154 Å². The molecule has 1 amide bonds. The second-order valence-electron chi connectivity index (χ2n) is 6.66. The fraction of sp³-hybridized carbons (Fsp3) is 0.444. The largest absolute Gasteiger partial charge is 0.504 e. The minimum Gasteiger partial charge on any atom is -0.504 e. The van der Waals surface area contributed by atoms with Crippen LogP contribution in [-0.4, -0.2) is 51.4 Å². The maximum Gasteiger partial charge on any atom is 0.278 e. The van der Waals surface area contributed by atoms with Crippen LogP contribution in [-0.2, 0) is 0 Å². The third-order valence-corrected chi connectivity index (χ3v) is 4.35. The number of piperazine rings is 1. The van der Waals surface area contributed by atoms with Gasteiger partial charge in [-0.25, -0.2) is 4.68 Å². The summed E-state index contributed by atoms with van der Waals surface area (Å²) in [4.78, 5) is 14.4. The maximum absolute atomic E-state index is 12.6. The quantitative estimate of drug-likeness (QED) is 0.878. The average molecular weight is 365 g/mol. The van der Waals surface area contributed by atoms with Crippen LogP contribution in [0.4, 0.5) is 0 Å². The third kappa shape index (κ3) is 4.14. The molecule has 1 aromatic carbocycles. The van der Waals surface area contributed by atoms with Gasteiger partial charge in [0.05, 0.1) is 11.9 Å². The normalized spacial score (nSPS) is 17.4. The Morgan fingerprint density at radius 2 is 2.16 bits per heavy atom. The average Bonchev–Trinajstić information content (AvgIpc) is 2.96. The lowest BCUT2D eigenvalue weighted by Gasteiger charge is -2.31. The van der Waals surface area contributed by atoms with Crippen molar-refractivity contribution in [2.24, 2.45) is 0 Å². The van der Waals surface area contributed by atoms with Crippen molar-refractivity contribution in [1.82, 2.24) is 20.0 Å². The first-order valence-corrected chi connectivity index (χ1v) is 8.37. The van der Waals surface area contributed by atoms with E-state index < -0.39 is 0 Å². The van der Waals surface area contributed by atoms with Gasteiger partial charge in [-0.1, -0.05) is 26.0 Å². The first kappa shape index (κ1) is 19.3. The topological polar surface area (TPSA) is 70.4 Å². The molecule has 7 heteroatoms. The molecule has 0 radical (unpaired) electrons. The predicted octanol–water partition coefficient (Wildman–Crippen LogP) is 2.56. The Kier molecular flexibility index (Phi) is 6.08. The van der Waals surface area contributed by atoms with Crippen LogP contribution in [0.25, 0.3) is 5.69 Å². The van der Waals surface area contributed by atoms with E-state index in [9.17, 15) is 9.90 Å². The number of rotatable bonds is 3. The predicted molar refractivity (Wildman–Crippen MR) is 99.9 cm³/mol. The Balaban J connectivity index is 0.00000225. The lowest BCUT2D eigenvalue weighted by molar-refractivity contribution is 0.0699. The Morgan fingerprint density at radius 3 is 2.84 bits per heavy atom. The lowest BCUT2D eigenvalue weighted by Crippen LogP contribution is -2.51. The summed E-state index contributed by atoms with van der Waals surface area (Å²) in [5.74, 6) is 0.0956. The van der Waals surface area contributed by atoms with Crippen LogP contribution in [0.5, 0.6) is 5.75 Å². The fourth-order valence-corrected chi connectivity index (χ4v) is 2.94. The summed E-state index contributed by atoms with van der Waals surface area (Å²) < 4.78 is 1.57. The van der Waals surface area contributed by atoms with Crippen molar-refractivity contribution in [2.45, 2.75) is 32.7 Å². The summed E-state index contributed by atoms with van der Waals surface area (Å²) in [6.45, 7) is 8.28. The highest BCUT2D eigenvalue weighted by Gasteiger charge is 2.26. The molecule has 0 aliphatic carbocycles. The van der Waals surface area contributed by atoms with E-state index in [2.05, 4.69) is 30.3 Å². The van der Waals surface area contributed by atoms with Crippen LogP contribution in [0.1, 0.15) is 42.7 Å². The van der Waals surface area contributed by atoms with E-state index in [1.807, 2.05) is 25.1 Å².